The minimum absolute atomic E-state index is 0.0942. The summed E-state index contributed by atoms with van der Waals surface area (Å²) in [6, 6.07) is -0.0942. The van der Waals surface area contributed by atoms with Gasteiger partial charge in [-0.3, -0.25) is 5.32 Å². The Morgan fingerprint density at radius 1 is 1.57 bits per heavy atom. The van der Waals surface area contributed by atoms with Crippen LogP contribution < -0.4 is 5.32 Å². The highest BCUT2D eigenvalue weighted by Crippen LogP contribution is 2.11. The van der Waals surface area contributed by atoms with Crippen LogP contribution in [0.2, 0.25) is 0 Å². The molecule has 2 heterocycles. The number of rotatable bonds is 1. The van der Waals surface area contributed by atoms with Crippen molar-refractivity contribution in [2.24, 2.45) is 0 Å². The maximum absolute atomic E-state index is 11.6. The van der Waals surface area contributed by atoms with Crippen LogP contribution in [0.3, 0.4) is 0 Å². The first-order valence-corrected chi connectivity index (χ1v) is 5.27. The van der Waals surface area contributed by atoms with Gasteiger partial charge in [0.1, 0.15) is 0 Å². The molecule has 1 aliphatic rings. The Balaban J connectivity index is 1.88. The lowest BCUT2D eigenvalue weighted by molar-refractivity contribution is 0.0564. The Morgan fingerprint density at radius 3 is 3.00 bits per heavy atom. The van der Waals surface area contributed by atoms with Crippen LogP contribution >= 0.6 is 11.3 Å². The third-order valence-corrected chi connectivity index (χ3v) is 2.63. The summed E-state index contributed by atoms with van der Waals surface area (Å²) in [5.74, 6) is 0. The fourth-order valence-electron chi connectivity index (χ4n) is 1.22. The fraction of sp³-hybridized carbons (Fsp3) is 0.500. The molecule has 0 saturated carbocycles. The van der Waals surface area contributed by atoms with Crippen LogP contribution in [0.15, 0.2) is 11.6 Å². The Bertz CT molecular complexity index is 296. The van der Waals surface area contributed by atoms with Crippen LogP contribution in [0, 0.1) is 0 Å². The number of nitrogens with one attached hydrogen (secondary N) is 1. The van der Waals surface area contributed by atoms with E-state index >= 15 is 0 Å². The average molecular weight is 213 g/mol. The molecule has 1 fully saturated rings. The van der Waals surface area contributed by atoms with Gasteiger partial charge in [0.25, 0.3) is 0 Å². The molecule has 76 valence electrons. The van der Waals surface area contributed by atoms with Gasteiger partial charge >= 0.3 is 6.03 Å². The van der Waals surface area contributed by atoms with Crippen molar-refractivity contribution in [3.8, 4) is 0 Å². The molecule has 0 atom stereocenters. The van der Waals surface area contributed by atoms with E-state index in [1.165, 1.54) is 11.3 Å². The average Bonchev–Trinajstić information content (AvgIpc) is 2.72. The smallest absolute Gasteiger partial charge is 0.323 e. The quantitative estimate of drug-likeness (QED) is 0.757. The molecule has 0 spiro atoms. The van der Waals surface area contributed by atoms with Crippen molar-refractivity contribution in [2.45, 2.75) is 0 Å². The van der Waals surface area contributed by atoms with E-state index in [1.807, 2.05) is 5.38 Å². The van der Waals surface area contributed by atoms with Gasteiger partial charge in [-0.25, -0.2) is 9.78 Å². The van der Waals surface area contributed by atoms with E-state index in [0.717, 1.165) is 0 Å². The first-order chi connectivity index (χ1) is 6.86. The van der Waals surface area contributed by atoms with Gasteiger partial charge in [-0.1, -0.05) is 0 Å². The van der Waals surface area contributed by atoms with Crippen LogP contribution in [0.25, 0.3) is 0 Å². The van der Waals surface area contributed by atoms with Crippen molar-refractivity contribution in [3.05, 3.63) is 11.6 Å². The number of morpholine rings is 1. The summed E-state index contributed by atoms with van der Waals surface area (Å²) in [6.45, 7) is 2.53. The predicted octanol–water partition coefficient (Wildman–Crippen LogP) is 1.01. The number of nitrogens with zero attached hydrogens (tertiary/aromatic N) is 2. The van der Waals surface area contributed by atoms with Gasteiger partial charge in [-0.15, -0.1) is 11.3 Å². The molecule has 1 N–H and O–H groups in total. The van der Waals surface area contributed by atoms with Crippen LogP contribution in [0.5, 0.6) is 0 Å². The maximum Gasteiger partial charge on any atom is 0.323 e. The Hall–Kier alpha value is -1.14. The van der Waals surface area contributed by atoms with E-state index in [4.69, 9.17) is 4.74 Å². The zero-order valence-electron chi connectivity index (χ0n) is 7.60. The number of hydrogen-bond donors (Lipinski definition) is 1. The molecule has 1 aromatic heterocycles. The summed E-state index contributed by atoms with van der Waals surface area (Å²) in [5.41, 5.74) is 0. The number of ether oxygens (including phenoxy) is 1. The number of thiazole rings is 1. The second kappa shape index (κ2) is 4.39. The highest BCUT2D eigenvalue weighted by Gasteiger charge is 2.16. The molecular weight excluding hydrogens is 202 g/mol. The highest BCUT2D eigenvalue weighted by atomic mass is 32.1. The van der Waals surface area contributed by atoms with Gasteiger partial charge in [-0.05, 0) is 0 Å². The highest BCUT2D eigenvalue weighted by molar-refractivity contribution is 7.13. The van der Waals surface area contributed by atoms with Gasteiger partial charge in [-0.2, -0.15) is 0 Å². The minimum atomic E-state index is -0.0942. The fourth-order valence-corrected chi connectivity index (χ4v) is 1.74. The van der Waals surface area contributed by atoms with Crippen molar-refractivity contribution in [1.82, 2.24) is 9.88 Å². The van der Waals surface area contributed by atoms with Crippen molar-refractivity contribution >= 4 is 22.5 Å². The van der Waals surface area contributed by atoms with Gasteiger partial charge in [0, 0.05) is 24.7 Å². The van der Waals surface area contributed by atoms with Crippen molar-refractivity contribution in [1.29, 1.82) is 0 Å². The summed E-state index contributed by atoms with van der Waals surface area (Å²) < 4.78 is 5.15. The molecule has 0 aromatic carbocycles. The molecule has 14 heavy (non-hydrogen) atoms. The van der Waals surface area contributed by atoms with Crippen molar-refractivity contribution in [2.75, 3.05) is 31.6 Å². The lowest BCUT2D eigenvalue weighted by Crippen LogP contribution is -2.43. The summed E-state index contributed by atoms with van der Waals surface area (Å²) in [5, 5.41) is 5.20. The maximum atomic E-state index is 11.6. The summed E-state index contributed by atoms with van der Waals surface area (Å²) in [7, 11) is 0. The molecule has 6 heteroatoms. The standard InChI is InChI=1S/C8H11N3O2S/c12-8(10-7-9-1-6-14-7)11-2-4-13-5-3-11/h1,6H,2-5H2,(H,9,10,12). The Morgan fingerprint density at radius 2 is 2.36 bits per heavy atom. The zero-order chi connectivity index (χ0) is 9.80. The van der Waals surface area contributed by atoms with E-state index in [9.17, 15) is 4.79 Å². The topological polar surface area (TPSA) is 54.5 Å². The molecule has 2 amide bonds. The number of carbonyl (C=O) groups excluding carboxylic acids is 1. The second-order valence-electron chi connectivity index (χ2n) is 2.87. The molecule has 1 aliphatic heterocycles. The van der Waals surface area contributed by atoms with E-state index in [1.54, 1.807) is 11.1 Å². The van der Waals surface area contributed by atoms with E-state index in [2.05, 4.69) is 10.3 Å². The molecule has 0 radical (unpaired) electrons. The lowest BCUT2D eigenvalue weighted by Gasteiger charge is -2.26. The Labute approximate surface area is 85.7 Å². The van der Waals surface area contributed by atoms with Crippen molar-refractivity contribution < 1.29 is 9.53 Å². The van der Waals surface area contributed by atoms with Crippen LogP contribution in [0.4, 0.5) is 9.93 Å². The third kappa shape index (κ3) is 2.21. The molecule has 1 aromatic rings. The second-order valence-corrected chi connectivity index (χ2v) is 3.76. The number of amides is 2. The summed E-state index contributed by atoms with van der Waals surface area (Å²) in [6.07, 6.45) is 1.67. The van der Waals surface area contributed by atoms with Gasteiger partial charge < -0.3 is 9.64 Å². The first-order valence-electron chi connectivity index (χ1n) is 4.39. The number of urea groups is 1. The molecule has 5 nitrogen and oxygen atoms in total. The number of carbonyl (C=O) groups is 1. The van der Waals surface area contributed by atoms with Crippen molar-refractivity contribution in [3.63, 3.8) is 0 Å². The number of anilines is 1. The van der Waals surface area contributed by atoms with Gasteiger partial charge in [0.15, 0.2) is 5.13 Å². The van der Waals surface area contributed by atoms with Gasteiger partial charge in [0.2, 0.25) is 0 Å². The van der Waals surface area contributed by atoms with E-state index < -0.39 is 0 Å². The van der Waals surface area contributed by atoms with Gasteiger partial charge in [0.05, 0.1) is 13.2 Å². The lowest BCUT2D eigenvalue weighted by atomic mass is 10.4. The predicted molar refractivity (Wildman–Crippen MR) is 53.5 cm³/mol. The molecule has 0 unspecified atom stereocenters. The minimum Gasteiger partial charge on any atom is -0.378 e. The molecule has 0 bridgehead atoms. The summed E-state index contributed by atoms with van der Waals surface area (Å²) in [4.78, 5) is 17.3. The molecule has 2 rings (SSSR count). The van der Waals surface area contributed by atoms with E-state index in [0.29, 0.717) is 31.4 Å². The zero-order valence-corrected chi connectivity index (χ0v) is 8.42. The monoisotopic (exact) mass is 213 g/mol. The van der Waals surface area contributed by atoms with Crippen LogP contribution in [-0.4, -0.2) is 42.2 Å². The normalized spacial score (nSPS) is 16.7. The molecular formula is C8H11N3O2S. The molecule has 1 saturated heterocycles. The van der Waals surface area contributed by atoms with Crippen LogP contribution in [-0.2, 0) is 4.74 Å². The summed E-state index contributed by atoms with van der Waals surface area (Å²) >= 11 is 1.41. The van der Waals surface area contributed by atoms with Crippen LogP contribution in [0.1, 0.15) is 0 Å². The SMILES string of the molecule is O=C(Nc1nccs1)N1CCOCC1. The third-order valence-electron chi connectivity index (χ3n) is 1.94. The molecule has 0 aliphatic carbocycles. The number of hydrogen-bond acceptors (Lipinski definition) is 4. The number of aromatic nitrogens is 1. The largest absolute Gasteiger partial charge is 0.378 e. The first kappa shape index (κ1) is 9.42. The van der Waals surface area contributed by atoms with E-state index in [-0.39, 0.29) is 6.03 Å². The Kier molecular flexibility index (Phi) is 2.95.